The lowest BCUT2D eigenvalue weighted by Crippen LogP contribution is -2.25. The van der Waals surface area contributed by atoms with Gasteiger partial charge in [-0.3, -0.25) is 0 Å². The van der Waals surface area contributed by atoms with Crippen LogP contribution in [0.5, 0.6) is 0 Å². The number of sulfonamides is 1. The molecule has 0 aliphatic rings. The number of aryl methyl sites for hydroxylation is 2. The molecule has 1 atom stereocenters. The fourth-order valence-electron chi connectivity index (χ4n) is 3.48. The van der Waals surface area contributed by atoms with E-state index in [1.807, 2.05) is 25.1 Å². The molecule has 0 fully saturated rings. The Kier molecular flexibility index (Phi) is 6.65. The van der Waals surface area contributed by atoms with Crippen LogP contribution in [0.25, 0.3) is 0 Å². The fourth-order valence-corrected chi connectivity index (χ4v) is 4.55. The molecule has 0 radical (unpaired) electrons. The van der Waals surface area contributed by atoms with Crippen LogP contribution in [0.1, 0.15) is 41.0 Å². The molecule has 0 bridgehead atoms. The van der Waals surface area contributed by atoms with Gasteiger partial charge in [-0.05, 0) is 55.5 Å². The summed E-state index contributed by atoms with van der Waals surface area (Å²) in [4.78, 5) is 0.316. The summed E-state index contributed by atoms with van der Waals surface area (Å²) in [6.45, 7) is 4.50. The van der Waals surface area contributed by atoms with Crippen LogP contribution in [0.4, 0.5) is 0 Å². The van der Waals surface area contributed by atoms with E-state index in [0.717, 1.165) is 18.4 Å². The van der Waals surface area contributed by atoms with Gasteiger partial charge in [0.1, 0.15) is 0 Å². The third kappa shape index (κ3) is 5.09. The van der Waals surface area contributed by atoms with E-state index >= 15 is 0 Å². The molecule has 0 amide bonds. The van der Waals surface area contributed by atoms with E-state index in [1.165, 1.54) is 16.7 Å². The summed E-state index contributed by atoms with van der Waals surface area (Å²) in [6, 6.07) is 25.8. The minimum Gasteiger partial charge on any atom is -0.211 e. The van der Waals surface area contributed by atoms with E-state index in [4.69, 9.17) is 0 Å². The Morgan fingerprint density at radius 2 is 1.46 bits per heavy atom. The van der Waals surface area contributed by atoms with Crippen LogP contribution in [0.2, 0.25) is 0 Å². The second-order valence-corrected chi connectivity index (χ2v) is 8.94. The first-order valence-corrected chi connectivity index (χ1v) is 11.1. The van der Waals surface area contributed by atoms with Gasteiger partial charge in [-0.25, -0.2) is 13.1 Å². The lowest BCUT2D eigenvalue weighted by Gasteiger charge is -2.20. The van der Waals surface area contributed by atoms with Gasteiger partial charge < -0.3 is 0 Å². The van der Waals surface area contributed by atoms with Gasteiger partial charge in [-0.1, -0.05) is 72.3 Å². The average Bonchev–Trinajstić information content (AvgIpc) is 2.70. The Morgan fingerprint density at radius 3 is 2.14 bits per heavy atom. The molecule has 0 saturated heterocycles. The van der Waals surface area contributed by atoms with Gasteiger partial charge in [0.2, 0.25) is 10.0 Å². The molecule has 28 heavy (non-hydrogen) atoms. The minimum atomic E-state index is -3.46. The van der Waals surface area contributed by atoms with Gasteiger partial charge in [0.25, 0.3) is 0 Å². The van der Waals surface area contributed by atoms with Gasteiger partial charge in [0, 0.05) is 12.5 Å². The summed E-state index contributed by atoms with van der Waals surface area (Å²) in [6.07, 6.45) is 1.64. The molecule has 3 nitrogen and oxygen atoms in total. The Morgan fingerprint density at radius 1 is 0.821 bits per heavy atom. The summed E-state index contributed by atoms with van der Waals surface area (Å²) < 4.78 is 27.7. The Balaban J connectivity index is 1.68. The molecule has 146 valence electrons. The van der Waals surface area contributed by atoms with Crippen LogP contribution in [-0.4, -0.2) is 15.0 Å². The summed E-state index contributed by atoms with van der Waals surface area (Å²) in [5, 5.41) is 0. The van der Waals surface area contributed by atoms with Crippen molar-refractivity contribution >= 4 is 10.0 Å². The van der Waals surface area contributed by atoms with Gasteiger partial charge in [-0.15, -0.1) is 0 Å². The van der Waals surface area contributed by atoms with Crippen LogP contribution in [0, 0.1) is 13.8 Å². The minimum absolute atomic E-state index is 0.256. The summed E-state index contributed by atoms with van der Waals surface area (Å²) in [7, 11) is -3.46. The molecule has 4 heteroatoms. The number of nitrogens with one attached hydrogen (secondary N) is 1. The van der Waals surface area contributed by atoms with Crippen LogP contribution in [0.3, 0.4) is 0 Å². The van der Waals surface area contributed by atoms with Crippen LogP contribution < -0.4 is 4.72 Å². The SMILES string of the molecule is Cc1ccc(S(=O)(=O)NCCCC(c2ccccc2)c2ccccc2C)cc1. The second kappa shape index (κ2) is 9.18. The summed E-state index contributed by atoms with van der Waals surface area (Å²) >= 11 is 0. The molecule has 3 aromatic rings. The summed E-state index contributed by atoms with van der Waals surface area (Å²) in [5.74, 6) is 0.256. The van der Waals surface area contributed by atoms with E-state index in [1.54, 1.807) is 12.1 Å². The standard InChI is InChI=1S/C24H27NO2S/c1-19-14-16-22(17-15-19)28(26,27)25-18-8-13-24(21-10-4-3-5-11-21)23-12-7-6-9-20(23)2/h3-7,9-12,14-17,24-25H,8,13,18H2,1-2H3. The highest BCUT2D eigenvalue weighted by atomic mass is 32.2. The quantitative estimate of drug-likeness (QED) is 0.535. The molecule has 0 aliphatic carbocycles. The van der Waals surface area contributed by atoms with Crippen molar-refractivity contribution in [2.75, 3.05) is 6.54 Å². The van der Waals surface area contributed by atoms with Crippen molar-refractivity contribution in [1.29, 1.82) is 0 Å². The van der Waals surface area contributed by atoms with E-state index in [2.05, 4.69) is 60.2 Å². The molecule has 0 saturated carbocycles. The highest BCUT2D eigenvalue weighted by Gasteiger charge is 2.17. The molecule has 0 heterocycles. The second-order valence-electron chi connectivity index (χ2n) is 7.17. The highest BCUT2D eigenvalue weighted by Crippen LogP contribution is 2.31. The predicted octanol–water partition coefficient (Wildman–Crippen LogP) is 5.19. The molecular weight excluding hydrogens is 366 g/mol. The molecule has 1 N–H and O–H groups in total. The molecule has 3 rings (SSSR count). The number of rotatable bonds is 8. The topological polar surface area (TPSA) is 46.2 Å². The first-order valence-electron chi connectivity index (χ1n) is 9.64. The maximum atomic E-state index is 12.5. The third-order valence-corrected chi connectivity index (χ3v) is 6.54. The van der Waals surface area contributed by atoms with E-state index < -0.39 is 10.0 Å². The zero-order valence-electron chi connectivity index (χ0n) is 16.4. The Hall–Kier alpha value is -2.43. The smallest absolute Gasteiger partial charge is 0.211 e. The van der Waals surface area contributed by atoms with Gasteiger partial charge in [0.15, 0.2) is 0 Å². The normalized spacial score (nSPS) is 12.6. The zero-order valence-corrected chi connectivity index (χ0v) is 17.2. The Labute approximate surface area is 168 Å². The lowest BCUT2D eigenvalue weighted by atomic mass is 9.85. The van der Waals surface area contributed by atoms with Crippen LogP contribution in [-0.2, 0) is 10.0 Å². The highest BCUT2D eigenvalue weighted by molar-refractivity contribution is 7.89. The first-order chi connectivity index (χ1) is 13.5. The largest absolute Gasteiger partial charge is 0.240 e. The van der Waals surface area contributed by atoms with Crippen molar-refractivity contribution in [3.63, 3.8) is 0 Å². The van der Waals surface area contributed by atoms with Gasteiger partial charge in [0.05, 0.1) is 4.90 Å². The fraction of sp³-hybridized carbons (Fsp3) is 0.250. The molecule has 1 unspecified atom stereocenters. The number of hydrogen-bond acceptors (Lipinski definition) is 2. The average molecular weight is 394 g/mol. The zero-order chi connectivity index (χ0) is 20.0. The van der Waals surface area contributed by atoms with Crippen molar-refractivity contribution in [2.45, 2.75) is 37.5 Å². The van der Waals surface area contributed by atoms with E-state index in [-0.39, 0.29) is 5.92 Å². The molecular formula is C24H27NO2S. The first kappa shape index (κ1) is 20.3. The summed E-state index contributed by atoms with van der Waals surface area (Å²) in [5.41, 5.74) is 4.87. The third-order valence-electron chi connectivity index (χ3n) is 5.06. The Bertz CT molecular complexity index is 996. The molecule has 0 aromatic heterocycles. The molecule has 0 aliphatic heterocycles. The van der Waals surface area contributed by atoms with Crippen molar-refractivity contribution < 1.29 is 8.42 Å². The molecule has 0 spiro atoms. The lowest BCUT2D eigenvalue weighted by molar-refractivity contribution is 0.572. The number of benzene rings is 3. The number of hydrogen-bond donors (Lipinski definition) is 1. The monoisotopic (exact) mass is 393 g/mol. The van der Waals surface area contributed by atoms with Crippen molar-refractivity contribution in [1.82, 2.24) is 4.72 Å². The van der Waals surface area contributed by atoms with Crippen molar-refractivity contribution in [2.24, 2.45) is 0 Å². The maximum Gasteiger partial charge on any atom is 0.240 e. The van der Waals surface area contributed by atoms with Crippen molar-refractivity contribution in [3.8, 4) is 0 Å². The van der Waals surface area contributed by atoms with Crippen molar-refractivity contribution in [3.05, 3.63) is 101 Å². The van der Waals surface area contributed by atoms with E-state index in [9.17, 15) is 8.42 Å². The maximum absolute atomic E-state index is 12.5. The van der Waals surface area contributed by atoms with Crippen LogP contribution >= 0.6 is 0 Å². The van der Waals surface area contributed by atoms with Gasteiger partial charge >= 0.3 is 0 Å². The molecule has 3 aromatic carbocycles. The van der Waals surface area contributed by atoms with Crippen LogP contribution in [0.15, 0.2) is 83.8 Å². The van der Waals surface area contributed by atoms with Gasteiger partial charge in [-0.2, -0.15) is 0 Å². The van der Waals surface area contributed by atoms with E-state index in [0.29, 0.717) is 11.4 Å². The predicted molar refractivity (Wildman–Crippen MR) is 115 cm³/mol.